The van der Waals surface area contributed by atoms with Gasteiger partial charge in [-0.05, 0) is 55.8 Å². The van der Waals surface area contributed by atoms with Gasteiger partial charge < -0.3 is 9.64 Å². The predicted molar refractivity (Wildman–Crippen MR) is 90.8 cm³/mol. The maximum atomic E-state index is 11.9. The van der Waals surface area contributed by atoms with E-state index in [1.807, 2.05) is 44.9 Å². The largest absolute Gasteiger partial charge is 0.459 e. The van der Waals surface area contributed by atoms with Crippen molar-refractivity contribution in [2.75, 3.05) is 18.5 Å². The third-order valence-corrected chi connectivity index (χ3v) is 3.51. The first-order chi connectivity index (χ1) is 9.74. The van der Waals surface area contributed by atoms with E-state index >= 15 is 0 Å². The Morgan fingerprint density at radius 3 is 2.43 bits per heavy atom. The second-order valence-corrected chi connectivity index (χ2v) is 7.03. The molecule has 0 saturated carbocycles. The van der Waals surface area contributed by atoms with Crippen molar-refractivity contribution in [1.82, 2.24) is 0 Å². The second-order valence-electron chi connectivity index (χ2n) is 6.12. The number of ether oxygens (including phenoxy) is 1. The van der Waals surface area contributed by atoms with Crippen molar-refractivity contribution in [3.05, 3.63) is 40.9 Å². The number of hydrogen-bond donors (Lipinski definition) is 0. The smallest absolute Gasteiger partial charge is 0.326 e. The minimum absolute atomic E-state index is 0.221. The van der Waals surface area contributed by atoms with Gasteiger partial charge in [0.05, 0.1) is 0 Å². The summed E-state index contributed by atoms with van der Waals surface area (Å²) in [6.45, 7) is 5.86. The quantitative estimate of drug-likeness (QED) is 0.770. The molecule has 4 heteroatoms. The molecule has 2 rings (SSSR count). The lowest BCUT2D eigenvalue weighted by atomic mass is 10.1. The van der Waals surface area contributed by atoms with E-state index in [9.17, 15) is 4.79 Å². The summed E-state index contributed by atoms with van der Waals surface area (Å²) in [7, 11) is 1.89. The zero-order valence-corrected chi connectivity index (χ0v) is 14.4. The van der Waals surface area contributed by atoms with Gasteiger partial charge in [-0.15, -0.1) is 0 Å². The van der Waals surface area contributed by atoms with E-state index in [1.54, 1.807) is 0 Å². The summed E-state index contributed by atoms with van der Waals surface area (Å²) in [4.78, 5) is 13.8. The van der Waals surface area contributed by atoms with Crippen LogP contribution >= 0.6 is 15.9 Å². The normalized spacial score (nSPS) is 11.5. The molecule has 0 bridgehead atoms. The van der Waals surface area contributed by atoms with Gasteiger partial charge in [0.25, 0.3) is 0 Å². The first-order valence-electron chi connectivity index (χ1n) is 6.87. The topological polar surface area (TPSA) is 29.5 Å². The van der Waals surface area contributed by atoms with Crippen LogP contribution in [0, 0.1) is 0 Å². The highest BCUT2D eigenvalue weighted by Gasteiger charge is 2.17. The molecule has 21 heavy (non-hydrogen) atoms. The lowest BCUT2D eigenvalue weighted by Crippen LogP contribution is -2.32. The van der Waals surface area contributed by atoms with Gasteiger partial charge in [-0.1, -0.05) is 28.1 Å². The van der Waals surface area contributed by atoms with E-state index in [0.717, 1.165) is 15.5 Å². The lowest BCUT2D eigenvalue weighted by molar-refractivity contribution is -0.152. The Labute approximate surface area is 134 Å². The monoisotopic (exact) mass is 349 g/mol. The highest BCUT2D eigenvalue weighted by atomic mass is 79.9. The minimum Gasteiger partial charge on any atom is -0.459 e. The van der Waals surface area contributed by atoms with Crippen molar-refractivity contribution in [3.8, 4) is 0 Å². The van der Waals surface area contributed by atoms with E-state index in [1.165, 1.54) is 5.39 Å². The molecule has 0 aliphatic carbocycles. The number of esters is 1. The first-order valence-corrected chi connectivity index (χ1v) is 7.66. The number of hydrogen-bond acceptors (Lipinski definition) is 3. The Hall–Kier alpha value is -1.55. The van der Waals surface area contributed by atoms with Gasteiger partial charge in [0.1, 0.15) is 12.1 Å². The van der Waals surface area contributed by atoms with Gasteiger partial charge in [0.15, 0.2) is 0 Å². The first kappa shape index (κ1) is 15.8. The molecule has 0 heterocycles. The Balaban J connectivity index is 2.14. The predicted octanol–water partition coefficient (Wildman–Crippen LogP) is 4.38. The summed E-state index contributed by atoms with van der Waals surface area (Å²) in [5.74, 6) is -0.221. The summed E-state index contributed by atoms with van der Waals surface area (Å²) < 4.78 is 6.41. The van der Waals surface area contributed by atoms with Crippen LogP contribution in [0.3, 0.4) is 0 Å². The summed E-state index contributed by atoms with van der Waals surface area (Å²) in [6, 6.07) is 12.3. The van der Waals surface area contributed by atoms with Crippen LogP contribution in [0.15, 0.2) is 40.9 Å². The average Bonchev–Trinajstić information content (AvgIpc) is 2.35. The van der Waals surface area contributed by atoms with Crippen LogP contribution in [-0.2, 0) is 9.53 Å². The molecule has 0 aliphatic heterocycles. The molecule has 0 atom stereocenters. The lowest BCUT2D eigenvalue weighted by Gasteiger charge is -2.23. The van der Waals surface area contributed by atoms with Crippen molar-refractivity contribution in [3.63, 3.8) is 0 Å². The molecule has 0 aliphatic rings. The summed E-state index contributed by atoms with van der Waals surface area (Å²) in [5, 5.41) is 2.31. The molecular formula is C17H20BrNO2. The van der Waals surface area contributed by atoms with Gasteiger partial charge >= 0.3 is 5.97 Å². The molecule has 0 fully saturated rings. The summed E-state index contributed by atoms with van der Waals surface area (Å²) in [5.41, 5.74) is 0.545. The van der Waals surface area contributed by atoms with E-state index in [2.05, 4.69) is 40.2 Å². The molecule has 0 unspecified atom stereocenters. The van der Waals surface area contributed by atoms with Crippen LogP contribution < -0.4 is 4.90 Å². The summed E-state index contributed by atoms with van der Waals surface area (Å²) in [6.07, 6.45) is 0. The molecule has 0 spiro atoms. The van der Waals surface area contributed by atoms with E-state index in [4.69, 9.17) is 4.74 Å². The molecule has 2 aromatic rings. The number of benzene rings is 2. The van der Waals surface area contributed by atoms with Gasteiger partial charge in [0, 0.05) is 17.2 Å². The minimum atomic E-state index is -0.451. The fourth-order valence-electron chi connectivity index (χ4n) is 2.10. The Morgan fingerprint density at radius 2 is 1.76 bits per heavy atom. The molecule has 0 radical (unpaired) electrons. The standard InChI is InChI=1S/C17H20BrNO2/c1-17(2,3)21-16(20)11-19(4)15-8-6-12-9-14(18)7-5-13(12)10-15/h5-10H,11H2,1-4H3. The van der Waals surface area contributed by atoms with Crippen molar-refractivity contribution in [1.29, 1.82) is 0 Å². The number of carbonyl (C=O) groups is 1. The van der Waals surface area contributed by atoms with E-state index in [-0.39, 0.29) is 12.5 Å². The van der Waals surface area contributed by atoms with Gasteiger partial charge in [-0.3, -0.25) is 4.79 Å². The fourth-order valence-corrected chi connectivity index (χ4v) is 2.48. The van der Waals surface area contributed by atoms with Gasteiger partial charge in [-0.2, -0.15) is 0 Å². The number of fused-ring (bicyclic) bond motifs is 1. The maximum Gasteiger partial charge on any atom is 0.326 e. The van der Waals surface area contributed by atoms with Crippen LogP contribution in [0.1, 0.15) is 20.8 Å². The molecule has 2 aromatic carbocycles. The molecule has 0 N–H and O–H groups in total. The molecule has 3 nitrogen and oxygen atoms in total. The van der Waals surface area contributed by atoms with Crippen LogP contribution in [-0.4, -0.2) is 25.2 Å². The third kappa shape index (κ3) is 4.46. The number of anilines is 1. The molecular weight excluding hydrogens is 330 g/mol. The van der Waals surface area contributed by atoms with Crippen molar-refractivity contribution < 1.29 is 9.53 Å². The number of carbonyl (C=O) groups excluding carboxylic acids is 1. The van der Waals surface area contributed by atoms with Gasteiger partial charge in [-0.25, -0.2) is 0 Å². The van der Waals surface area contributed by atoms with Crippen LogP contribution in [0.2, 0.25) is 0 Å². The maximum absolute atomic E-state index is 11.9. The Bertz CT molecular complexity index is 661. The van der Waals surface area contributed by atoms with Crippen molar-refractivity contribution in [2.24, 2.45) is 0 Å². The highest BCUT2D eigenvalue weighted by molar-refractivity contribution is 9.10. The molecule has 0 aromatic heterocycles. The molecule has 0 saturated heterocycles. The molecule has 112 valence electrons. The fraction of sp³-hybridized carbons (Fsp3) is 0.353. The van der Waals surface area contributed by atoms with Crippen LogP contribution in [0.5, 0.6) is 0 Å². The van der Waals surface area contributed by atoms with Gasteiger partial charge in [0.2, 0.25) is 0 Å². The van der Waals surface area contributed by atoms with E-state index < -0.39 is 5.60 Å². The van der Waals surface area contributed by atoms with Crippen LogP contribution in [0.4, 0.5) is 5.69 Å². The summed E-state index contributed by atoms with van der Waals surface area (Å²) >= 11 is 3.47. The van der Waals surface area contributed by atoms with Crippen molar-refractivity contribution in [2.45, 2.75) is 26.4 Å². The van der Waals surface area contributed by atoms with E-state index in [0.29, 0.717) is 0 Å². The zero-order valence-electron chi connectivity index (χ0n) is 12.8. The third-order valence-electron chi connectivity index (χ3n) is 3.01. The number of halogens is 1. The van der Waals surface area contributed by atoms with Crippen molar-refractivity contribution >= 4 is 38.4 Å². The zero-order chi connectivity index (χ0) is 15.6. The number of nitrogens with zero attached hydrogens (tertiary/aromatic N) is 1. The SMILES string of the molecule is CN(CC(=O)OC(C)(C)C)c1ccc2cc(Br)ccc2c1. The Morgan fingerprint density at radius 1 is 1.14 bits per heavy atom. The van der Waals surface area contributed by atoms with Crippen LogP contribution in [0.25, 0.3) is 10.8 Å². The number of rotatable bonds is 3. The molecule has 0 amide bonds. The Kier molecular flexibility index (Phi) is 4.57. The number of likely N-dealkylation sites (N-methyl/N-ethyl adjacent to an activating group) is 1. The highest BCUT2D eigenvalue weighted by Crippen LogP contribution is 2.24. The average molecular weight is 350 g/mol. The second kappa shape index (κ2) is 6.06.